The van der Waals surface area contributed by atoms with Crippen molar-refractivity contribution >= 4 is 5.69 Å². The van der Waals surface area contributed by atoms with Crippen molar-refractivity contribution in [3.63, 3.8) is 0 Å². The number of fused-ring (bicyclic) bond motifs is 2. The first-order valence-electron chi connectivity index (χ1n) is 9.59. The van der Waals surface area contributed by atoms with Gasteiger partial charge in [-0.15, -0.1) is 0 Å². The first-order valence-corrected chi connectivity index (χ1v) is 9.59. The van der Waals surface area contributed by atoms with Gasteiger partial charge in [0.15, 0.2) is 0 Å². The van der Waals surface area contributed by atoms with E-state index in [0.29, 0.717) is 5.69 Å². The lowest BCUT2D eigenvalue weighted by Gasteiger charge is -2.62. The number of hydrogen-bond acceptors (Lipinski definition) is 4. The standard InChI is InChI=1S/C21H25N3O/c22-14-20-11-5-3-7-16(20)13-17-8-4-6-12-21(17,15-23)24(20)18-9-1-2-10-19(18)25/h1-2,9-10,16-17,25H,3-8,11-13H2/t16-,17+,20-,21-/m1/s1. The fourth-order valence-corrected chi connectivity index (χ4v) is 5.85. The van der Waals surface area contributed by atoms with Crippen molar-refractivity contribution in [3.8, 4) is 17.9 Å². The molecule has 1 heterocycles. The lowest BCUT2D eigenvalue weighted by Crippen LogP contribution is -2.71. The van der Waals surface area contributed by atoms with Gasteiger partial charge in [0.25, 0.3) is 0 Å². The van der Waals surface area contributed by atoms with Crippen LogP contribution in [0.4, 0.5) is 5.69 Å². The van der Waals surface area contributed by atoms with Crippen LogP contribution in [0.25, 0.3) is 0 Å². The maximum atomic E-state index is 10.6. The van der Waals surface area contributed by atoms with Gasteiger partial charge in [-0.1, -0.05) is 37.8 Å². The summed E-state index contributed by atoms with van der Waals surface area (Å²) in [5, 5.41) is 31.2. The predicted octanol–water partition coefficient (Wildman–Crippen LogP) is 4.51. The number of benzene rings is 1. The zero-order valence-electron chi connectivity index (χ0n) is 14.6. The molecular formula is C21H25N3O. The van der Waals surface area contributed by atoms with Crippen molar-refractivity contribution in [1.29, 1.82) is 10.5 Å². The van der Waals surface area contributed by atoms with Crippen LogP contribution in [0.5, 0.6) is 5.75 Å². The molecule has 0 bridgehead atoms. The van der Waals surface area contributed by atoms with Crippen LogP contribution in [-0.4, -0.2) is 16.2 Å². The Hall–Kier alpha value is -2.20. The van der Waals surface area contributed by atoms with Gasteiger partial charge in [0.05, 0.1) is 17.8 Å². The molecule has 0 spiro atoms. The maximum Gasteiger partial charge on any atom is 0.138 e. The van der Waals surface area contributed by atoms with E-state index in [9.17, 15) is 15.6 Å². The molecule has 1 aliphatic heterocycles. The van der Waals surface area contributed by atoms with Gasteiger partial charge in [-0.3, -0.25) is 0 Å². The maximum absolute atomic E-state index is 10.6. The van der Waals surface area contributed by atoms with E-state index in [1.165, 1.54) is 0 Å². The van der Waals surface area contributed by atoms with E-state index in [-0.39, 0.29) is 17.6 Å². The first kappa shape index (κ1) is 16.3. The number of phenolic OH excluding ortho intramolecular Hbond substituents is 1. The van der Waals surface area contributed by atoms with Gasteiger partial charge >= 0.3 is 0 Å². The number of piperidine rings is 1. The van der Waals surface area contributed by atoms with E-state index >= 15 is 0 Å². The molecular weight excluding hydrogens is 310 g/mol. The second-order valence-electron chi connectivity index (χ2n) is 8.02. The summed E-state index contributed by atoms with van der Waals surface area (Å²) >= 11 is 0. The van der Waals surface area contributed by atoms with Crippen LogP contribution in [0.1, 0.15) is 57.8 Å². The Kier molecular flexibility index (Phi) is 3.88. The third-order valence-corrected chi connectivity index (χ3v) is 6.95. The molecule has 4 rings (SSSR count). The summed E-state index contributed by atoms with van der Waals surface area (Å²) in [7, 11) is 0. The minimum absolute atomic E-state index is 0.183. The average Bonchev–Trinajstić information content (AvgIpc) is 2.66. The van der Waals surface area contributed by atoms with Crippen LogP contribution < -0.4 is 4.90 Å². The van der Waals surface area contributed by atoms with Gasteiger partial charge in [-0.25, -0.2) is 0 Å². The summed E-state index contributed by atoms with van der Waals surface area (Å²) in [5.74, 6) is 0.758. The number of phenols is 1. The summed E-state index contributed by atoms with van der Waals surface area (Å²) in [4.78, 5) is 2.09. The van der Waals surface area contributed by atoms with Crippen LogP contribution in [0.15, 0.2) is 24.3 Å². The van der Waals surface area contributed by atoms with Crippen LogP contribution in [0.3, 0.4) is 0 Å². The predicted molar refractivity (Wildman–Crippen MR) is 95.8 cm³/mol. The van der Waals surface area contributed by atoms with Crippen LogP contribution in [0.2, 0.25) is 0 Å². The van der Waals surface area contributed by atoms with Crippen LogP contribution in [0, 0.1) is 34.5 Å². The van der Waals surface area contributed by atoms with Gasteiger partial charge in [-0.2, -0.15) is 10.5 Å². The molecule has 25 heavy (non-hydrogen) atoms. The van der Waals surface area contributed by atoms with Crippen molar-refractivity contribution in [3.05, 3.63) is 24.3 Å². The van der Waals surface area contributed by atoms with Gasteiger partial charge < -0.3 is 10.0 Å². The zero-order valence-corrected chi connectivity index (χ0v) is 14.6. The van der Waals surface area contributed by atoms with Crippen LogP contribution in [-0.2, 0) is 0 Å². The average molecular weight is 335 g/mol. The molecule has 0 aromatic heterocycles. The summed E-state index contributed by atoms with van der Waals surface area (Å²) in [6.07, 6.45) is 9.01. The molecule has 1 aromatic rings. The largest absolute Gasteiger partial charge is 0.506 e. The van der Waals surface area contributed by atoms with Crippen molar-refractivity contribution in [2.24, 2.45) is 11.8 Å². The lowest BCUT2D eigenvalue weighted by molar-refractivity contribution is 0.0610. The molecule has 1 saturated heterocycles. The summed E-state index contributed by atoms with van der Waals surface area (Å²) < 4.78 is 0. The molecule has 0 unspecified atom stereocenters. The Morgan fingerprint density at radius 1 is 0.920 bits per heavy atom. The number of hydrogen-bond donors (Lipinski definition) is 1. The summed E-state index contributed by atoms with van der Waals surface area (Å²) in [5.41, 5.74) is -0.662. The molecule has 2 saturated carbocycles. The SMILES string of the molecule is N#C[C@]12CCCC[C@@H]1C[C@@H]1CCCC[C@]1(C#N)N2c1ccccc1O. The molecule has 3 fully saturated rings. The number of para-hydroxylation sites is 2. The third kappa shape index (κ3) is 2.17. The molecule has 0 radical (unpaired) electrons. The summed E-state index contributed by atoms with van der Waals surface area (Å²) in [6.45, 7) is 0. The van der Waals surface area contributed by atoms with E-state index in [2.05, 4.69) is 17.0 Å². The van der Waals surface area contributed by atoms with Crippen LogP contribution >= 0.6 is 0 Å². The second-order valence-corrected chi connectivity index (χ2v) is 8.02. The molecule has 4 heteroatoms. The molecule has 3 aliphatic rings. The Morgan fingerprint density at radius 2 is 1.48 bits per heavy atom. The number of rotatable bonds is 1. The molecule has 2 aliphatic carbocycles. The zero-order chi connectivity index (χ0) is 17.5. The third-order valence-electron chi connectivity index (χ3n) is 6.95. The molecule has 130 valence electrons. The van der Waals surface area contributed by atoms with Crippen molar-refractivity contribution in [2.45, 2.75) is 68.9 Å². The summed E-state index contributed by atoms with van der Waals surface area (Å²) in [6, 6.07) is 12.6. The second kappa shape index (κ2) is 5.95. The van der Waals surface area contributed by atoms with Crippen molar-refractivity contribution in [1.82, 2.24) is 0 Å². The van der Waals surface area contributed by atoms with E-state index in [4.69, 9.17) is 0 Å². The number of nitriles is 2. The highest BCUT2D eigenvalue weighted by Crippen LogP contribution is 2.58. The molecule has 4 atom stereocenters. The molecule has 1 N–H and O–H groups in total. The minimum atomic E-state index is -0.666. The molecule has 4 nitrogen and oxygen atoms in total. The Bertz CT molecular complexity index is 708. The lowest BCUT2D eigenvalue weighted by atomic mass is 9.56. The number of aromatic hydroxyl groups is 1. The molecule has 0 amide bonds. The fourth-order valence-electron chi connectivity index (χ4n) is 5.85. The molecule has 1 aromatic carbocycles. The smallest absolute Gasteiger partial charge is 0.138 e. The fraction of sp³-hybridized carbons (Fsp3) is 0.619. The Balaban J connectivity index is 1.95. The highest BCUT2D eigenvalue weighted by molar-refractivity contribution is 5.66. The van der Waals surface area contributed by atoms with Gasteiger partial charge in [0.1, 0.15) is 16.8 Å². The Labute approximate surface area is 149 Å². The number of nitrogens with zero attached hydrogens (tertiary/aromatic N) is 3. The van der Waals surface area contributed by atoms with Gasteiger partial charge in [0, 0.05) is 0 Å². The van der Waals surface area contributed by atoms with Crippen molar-refractivity contribution < 1.29 is 5.11 Å². The minimum Gasteiger partial charge on any atom is -0.506 e. The van der Waals surface area contributed by atoms with Gasteiger partial charge in [0.2, 0.25) is 0 Å². The normalized spacial score (nSPS) is 37.3. The quantitative estimate of drug-likeness (QED) is 0.820. The van der Waals surface area contributed by atoms with E-state index < -0.39 is 11.1 Å². The highest BCUT2D eigenvalue weighted by Gasteiger charge is 2.62. The van der Waals surface area contributed by atoms with E-state index in [0.717, 1.165) is 57.8 Å². The van der Waals surface area contributed by atoms with E-state index in [1.807, 2.05) is 12.1 Å². The van der Waals surface area contributed by atoms with E-state index in [1.54, 1.807) is 12.1 Å². The first-order chi connectivity index (χ1) is 12.2. The highest BCUT2D eigenvalue weighted by atomic mass is 16.3. The monoisotopic (exact) mass is 335 g/mol. The van der Waals surface area contributed by atoms with Crippen molar-refractivity contribution in [2.75, 3.05) is 4.90 Å². The van der Waals surface area contributed by atoms with Gasteiger partial charge in [-0.05, 0) is 56.1 Å². The Morgan fingerprint density at radius 3 is 2.00 bits per heavy atom. The number of anilines is 1. The topological polar surface area (TPSA) is 71.0 Å².